The molecule has 2 heterocycles. The fraction of sp³-hybridized carbons (Fsp3) is 0.455. The van der Waals surface area contributed by atoms with E-state index in [-0.39, 0.29) is 48.0 Å². The summed E-state index contributed by atoms with van der Waals surface area (Å²) in [6.07, 6.45) is 0.104. The molecule has 68 valence electrons. The van der Waals surface area contributed by atoms with Crippen molar-refractivity contribution < 1.29 is 16.3 Å². The summed E-state index contributed by atoms with van der Waals surface area (Å²) in [5, 5.41) is 0. The molecule has 0 spiro atoms. The van der Waals surface area contributed by atoms with Gasteiger partial charge >= 0.3 is 0 Å². The molecule has 13 heavy (non-hydrogen) atoms. The van der Waals surface area contributed by atoms with Gasteiger partial charge in [-0.15, -0.1) is 0 Å². The van der Waals surface area contributed by atoms with E-state index >= 15 is 0 Å². The minimum absolute atomic E-state index is 0.00726. The molecule has 0 aliphatic carbocycles. The van der Waals surface area contributed by atoms with Crippen molar-refractivity contribution >= 4 is 0 Å². The predicted octanol–water partition coefficient (Wildman–Crippen LogP) is 1.92. The number of hydrogen-bond acceptors (Lipinski definition) is 2. The van der Waals surface area contributed by atoms with Crippen molar-refractivity contribution in [1.29, 1.82) is 0 Å². The Bertz CT molecular complexity index is 490. The number of rotatable bonds is 1. The maximum Gasteiger partial charge on any atom is 0.114 e. The maximum absolute atomic E-state index is 7.85. The van der Waals surface area contributed by atoms with Crippen LogP contribution in [0.4, 0.5) is 0 Å². The van der Waals surface area contributed by atoms with E-state index in [1.165, 1.54) is 0 Å². The summed E-state index contributed by atoms with van der Waals surface area (Å²) in [6.45, 7) is 0.602. The van der Waals surface area contributed by atoms with Crippen molar-refractivity contribution in [2.75, 3.05) is 6.61 Å². The van der Waals surface area contributed by atoms with Crippen molar-refractivity contribution in [3.05, 3.63) is 35.8 Å². The Labute approximate surface area is 84.5 Å². The van der Waals surface area contributed by atoms with Gasteiger partial charge in [-0.05, 0) is 12.0 Å². The largest absolute Gasteiger partial charge is 0.372 e. The molecule has 2 saturated heterocycles. The molecule has 2 heteroatoms. The quantitative estimate of drug-likeness (QED) is 0.659. The third kappa shape index (κ3) is 1.10. The lowest BCUT2D eigenvalue weighted by atomic mass is 9.94. The second kappa shape index (κ2) is 2.82. The van der Waals surface area contributed by atoms with Gasteiger partial charge in [0.2, 0.25) is 0 Å². The lowest BCUT2D eigenvalue weighted by Gasteiger charge is -2.39. The van der Waals surface area contributed by atoms with Crippen LogP contribution in [0.2, 0.25) is 0 Å². The molecule has 2 aliphatic rings. The zero-order valence-corrected chi connectivity index (χ0v) is 6.96. The molecule has 2 nitrogen and oxygen atoms in total. The molecule has 1 aromatic carbocycles. The highest BCUT2D eigenvalue weighted by molar-refractivity contribution is 5.22. The standard InChI is InChI=1S/C11H12O2/c1-2-4-8(5-3-1)10-11-9(13-10)6-7-12-11/h1-5,9-11H,6-7H2/t9-,10-,11+/m1/s1/i1D,2D,3D,4D,5D. The fourth-order valence-electron chi connectivity index (χ4n) is 1.83. The highest BCUT2D eigenvalue weighted by Gasteiger charge is 2.47. The van der Waals surface area contributed by atoms with Gasteiger partial charge in [0.1, 0.15) is 12.2 Å². The number of fused-ring (bicyclic) bond motifs is 1. The maximum atomic E-state index is 7.85. The summed E-state index contributed by atoms with van der Waals surface area (Å²) >= 11 is 0. The minimum atomic E-state index is -0.536. The first kappa shape index (κ1) is 4.11. The van der Waals surface area contributed by atoms with Gasteiger partial charge < -0.3 is 9.47 Å². The molecule has 3 atom stereocenters. The van der Waals surface area contributed by atoms with Crippen LogP contribution in [0, 0.1) is 0 Å². The Kier molecular flexibility index (Phi) is 0.893. The molecule has 0 aromatic heterocycles. The average Bonchev–Trinajstić information content (AvgIpc) is 2.71. The zero-order valence-electron chi connectivity index (χ0n) is 12.0. The molecule has 0 radical (unpaired) electrons. The topological polar surface area (TPSA) is 18.5 Å². The van der Waals surface area contributed by atoms with E-state index in [4.69, 9.17) is 16.3 Å². The molecule has 0 saturated carbocycles. The molecule has 2 fully saturated rings. The Hall–Kier alpha value is -0.860. The first-order valence-electron chi connectivity index (χ1n) is 6.86. The number of benzene rings is 1. The second-order valence-corrected chi connectivity index (χ2v) is 3.26. The summed E-state index contributed by atoms with van der Waals surface area (Å²) in [4.78, 5) is 0. The van der Waals surface area contributed by atoms with Gasteiger partial charge in [-0.25, -0.2) is 0 Å². The average molecular weight is 181 g/mol. The molecule has 1 aromatic rings. The number of ether oxygens (including phenoxy) is 2. The summed E-state index contributed by atoms with van der Waals surface area (Å²) in [5.41, 5.74) is 0.212. The van der Waals surface area contributed by atoms with Crippen LogP contribution >= 0.6 is 0 Å². The smallest absolute Gasteiger partial charge is 0.114 e. The van der Waals surface area contributed by atoms with Crippen molar-refractivity contribution in [3.8, 4) is 0 Å². The Morgan fingerprint density at radius 3 is 2.92 bits per heavy atom. The van der Waals surface area contributed by atoms with Gasteiger partial charge in [0.05, 0.1) is 13.0 Å². The molecule has 3 rings (SSSR count). The van der Waals surface area contributed by atoms with Crippen LogP contribution in [0.25, 0.3) is 0 Å². The third-order valence-corrected chi connectivity index (χ3v) is 2.50. The lowest BCUT2D eigenvalue weighted by molar-refractivity contribution is -0.202. The van der Waals surface area contributed by atoms with E-state index in [0.717, 1.165) is 6.42 Å². The lowest BCUT2D eigenvalue weighted by Crippen LogP contribution is -2.44. The molecular weight excluding hydrogens is 164 g/mol. The molecular formula is C11H12O2. The van der Waals surface area contributed by atoms with Crippen LogP contribution in [0.5, 0.6) is 0 Å². The summed E-state index contributed by atoms with van der Waals surface area (Å²) in [5.74, 6) is 0. The van der Waals surface area contributed by atoms with Gasteiger partial charge in [0, 0.05) is 6.61 Å². The van der Waals surface area contributed by atoms with E-state index in [0.29, 0.717) is 6.61 Å². The highest BCUT2D eigenvalue weighted by Crippen LogP contribution is 2.42. The van der Waals surface area contributed by atoms with Crippen molar-refractivity contribution in [3.63, 3.8) is 0 Å². The van der Waals surface area contributed by atoms with Gasteiger partial charge in [0.25, 0.3) is 0 Å². The Balaban J connectivity index is 2.07. The fourth-order valence-corrected chi connectivity index (χ4v) is 1.83. The Morgan fingerprint density at radius 1 is 1.31 bits per heavy atom. The van der Waals surface area contributed by atoms with Crippen LogP contribution < -0.4 is 0 Å². The summed E-state index contributed by atoms with van der Waals surface area (Å²) in [7, 11) is 0. The van der Waals surface area contributed by atoms with Crippen molar-refractivity contribution in [2.45, 2.75) is 24.7 Å². The van der Waals surface area contributed by atoms with E-state index < -0.39 is 6.10 Å². The van der Waals surface area contributed by atoms with Gasteiger partial charge in [-0.1, -0.05) is 30.2 Å². The van der Waals surface area contributed by atoms with Gasteiger partial charge in [0.15, 0.2) is 0 Å². The summed E-state index contributed by atoms with van der Waals surface area (Å²) < 4.78 is 49.5. The predicted molar refractivity (Wildman–Crippen MR) is 48.4 cm³/mol. The van der Waals surface area contributed by atoms with Crippen LogP contribution in [-0.4, -0.2) is 18.8 Å². The molecule has 0 N–H and O–H groups in total. The second-order valence-electron chi connectivity index (χ2n) is 3.26. The third-order valence-electron chi connectivity index (χ3n) is 2.50. The van der Waals surface area contributed by atoms with Crippen LogP contribution in [0.3, 0.4) is 0 Å². The first-order chi connectivity index (χ1) is 8.52. The van der Waals surface area contributed by atoms with E-state index in [9.17, 15) is 0 Å². The van der Waals surface area contributed by atoms with Crippen LogP contribution in [0.15, 0.2) is 30.2 Å². The highest BCUT2D eigenvalue weighted by atomic mass is 16.6. The van der Waals surface area contributed by atoms with Gasteiger partial charge in [-0.2, -0.15) is 0 Å². The normalized spacial score (nSPS) is 42.2. The zero-order chi connectivity index (χ0) is 13.0. The molecule has 0 amide bonds. The first-order valence-corrected chi connectivity index (χ1v) is 4.36. The van der Waals surface area contributed by atoms with Crippen LogP contribution in [-0.2, 0) is 9.47 Å². The van der Waals surface area contributed by atoms with E-state index in [2.05, 4.69) is 0 Å². The molecule has 0 unspecified atom stereocenters. The summed E-state index contributed by atoms with van der Waals surface area (Å²) in [6, 6.07) is -1.41. The van der Waals surface area contributed by atoms with E-state index in [1.807, 2.05) is 0 Å². The minimum Gasteiger partial charge on any atom is -0.372 e. The van der Waals surface area contributed by atoms with Gasteiger partial charge in [-0.3, -0.25) is 0 Å². The SMILES string of the molecule is [2H]c1c([2H])c([2H])c([C@H]2O[C@@H]3CCO[C@H]23)c([2H])c1[2H]. The van der Waals surface area contributed by atoms with Crippen LogP contribution in [0.1, 0.15) is 24.9 Å². The number of hydrogen-bond donors (Lipinski definition) is 0. The molecule has 0 bridgehead atoms. The van der Waals surface area contributed by atoms with E-state index in [1.54, 1.807) is 0 Å². The van der Waals surface area contributed by atoms with Crippen molar-refractivity contribution in [2.24, 2.45) is 0 Å². The molecule has 2 aliphatic heterocycles. The Morgan fingerprint density at radius 2 is 2.15 bits per heavy atom. The van der Waals surface area contributed by atoms with Crippen molar-refractivity contribution in [1.82, 2.24) is 0 Å². The monoisotopic (exact) mass is 181 g/mol.